The highest BCUT2D eigenvalue weighted by Gasteiger charge is 2.12. The predicted octanol–water partition coefficient (Wildman–Crippen LogP) is 4.04. The van der Waals surface area contributed by atoms with Gasteiger partial charge in [0.15, 0.2) is 5.13 Å². The van der Waals surface area contributed by atoms with E-state index < -0.39 is 0 Å². The topological polar surface area (TPSA) is 65.8 Å². The van der Waals surface area contributed by atoms with Crippen molar-refractivity contribution in [1.29, 1.82) is 5.26 Å². The van der Waals surface area contributed by atoms with Gasteiger partial charge in [-0.15, -0.1) is 0 Å². The molecule has 22 heavy (non-hydrogen) atoms. The van der Waals surface area contributed by atoms with Crippen LogP contribution in [0.2, 0.25) is 0 Å². The van der Waals surface area contributed by atoms with Gasteiger partial charge in [0.2, 0.25) is 0 Å². The Morgan fingerprint density at radius 3 is 2.73 bits per heavy atom. The van der Waals surface area contributed by atoms with E-state index in [4.69, 9.17) is 5.26 Å². The number of hydrogen-bond donors (Lipinski definition) is 1. The Kier molecular flexibility index (Phi) is 3.61. The van der Waals surface area contributed by atoms with Gasteiger partial charge in [-0.25, -0.2) is 4.98 Å². The van der Waals surface area contributed by atoms with Gasteiger partial charge in [0.25, 0.3) is 5.91 Å². The third kappa shape index (κ3) is 2.57. The van der Waals surface area contributed by atoms with Crippen molar-refractivity contribution >= 4 is 32.6 Å². The smallest absolute Gasteiger partial charge is 0.257 e. The number of anilines is 1. The minimum Gasteiger partial charge on any atom is -0.298 e. The number of rotatable bonds is 2. The van der Waals surface area contributed by atoms with Crippen molar-refractivity contribution in [3.8, 4) is 6.07 Å². The van der Waals surface area contributed by atoms with Gasteiger partial charge >= 0.3 is 0 Å². The molecule has 0 saturated heterocycles. The summed E-state index contributed by atoms with van der Waals surface area (Å²) in [5, 5.41) is 12.3. The number of carbonyl (C=O) groups is 1. The number of aromatic nitrogens is 1. The summed E-state index contributed by atoms with van der Waals surface area (Å²) in [6.45, 7) is 4.03. The van der Waals surface area contributed by atoms with Gasteiger partial charge in [0.1, 0.15) is 0 Å². The largest absolute Gasteiger partial charge is 0.298 e. The fourth-order valence-corrected chi connectivity index (χ4v) is 3.22. The Morgan fingerprint density at radius 1 is 1.23 bits per heavy atom. The van der Waals surface area contributed by atoms with Crippen LogP contribution < -0.4 is 5.32 Å². The SMILES string of the molecule is Cc1ccc(C)c2sc(NC(=O)c3cccc(C#N)c3)nc12. The number of nitrogens with zero attached hydrogens (tertiary/aromatic N) is 2. The van der Waals surface area contributed by atoms with E-state index in [1.165, 1.54) is 11.3 Å². The molecular formula is C17H13N3OS. The first kappa shape index (κ1) is 14.2. The average Bonchev–Trinajstić information content (AvgIpc) is 2.96. The van der Waals surface area contributed by atoms with Crippen LogP contribution in [0.15, 0.2) is 36.4 Å². The molecule has 0 aliphatic carbocycles. The maximum absolute atomic E-state index is 12.3. The minimum absolute atomic E-state index is 0.258. The molecule has 0 fully saturated rings. The van der Waals surface area contributed by atoms with Crippen LogP contribution in [0, 0.1) is 25.2 Å². The van der Waals surface area contributed by atoms with Crippen LogP contribution in [0.3, 0.4) is 0 Å². The van der Waals surface area contributed by atoms with Gasteiger partial charge in [-0.05, 0) is 43.2 Å². The van der Waals surface area contributed by atoms with Crippen molar-refractivity contribution < 1.29 is 4.79 Å². The first-order chi connectivity index (χ1) is 10.6. The van der Waals surface area contributed by atoms with Gasteiger partial charge < -0.3 is 0 Å². The van der Waals surface area contributed by atoms with Crippen molar-refractivity contribution in [3.05, 3.63) is 58.7 Å². The summed E-state index contributed by atoms with van der Waals surface area (Å²) in [5.74, 6) is -0.258. The Bertz CT molecular complexity index is 882. The quantitative estimate of drug-likeness (QED) is 0.777. The molecule has 0 spiro atoms. The summed E-state index contributed by atoms with van der Waals surface area (Å²) in [7, 11) is 0. The molecule has 1 heterocycles. The molecular weight excluding hydrogens is 294 g/mol. The van der Waals surface area contributed by atoms with E-state index in [2.05, 4.69) is 16.4 Å². The number of carbonyl (C=O) groups excluding carboxylic acids is 1. The summed E-state index contributed by atoms with van der Waals surface area (Å²) in [4.78, 5) is 16.8. The average molecular weight is 307 g/mol. The third-order valence-corrected chi connectivity index (χ3v) is 4.52. The van der Waals surface area contributed by atoms with Crippen molar-refractivity contribution in [2.75, 3.05) is 5.32 Å². The number of fused-ring (bicyclic) bond motifs is 1. The highest BCUT2D eigenvalue weighted by atomic mass is 32.1. The van der Waals surface area contributed by atoms with E-state index in [0.717, 1.165) is 21.3 Å². The van der Waals surface area contributed by atoms with Crippen LogP contribution in [0.4, 0.5) is 5.13 Å². The van der Waals surface area contributed by atoms with Gasteiger partial charge in [0, 0.05) is 5.56 Å². The number of aryl methyl sites for hydroxylation is 2. The van der Waals surface area contributed by atoms with Crippen molar-refractivity contribution in [3.63, 3.8) is 0 Å². The lowest BCUT2D eigenvalue weighted by Gasteiger charge is -2.01. The first-order valence-electron chi connectivity index (χ1n) is 6.77. The van der Waals surface area contributed by atoms with E-state index >= 15 is 0 Å². The lowest BCUT2D eigenvalue weighted by molar-refractivity contribution is 0.102. The van der Waals surface area contributed by atoms with Gasteiger partial charge in [0.05, 0.1) is 21.8 Å². The molecule has 1 amide bonds. The molecule has 0 unspecified atom stereocenters. The van der Waals surface area contributed by atoms with Crippen LogP contribution in [-0.2, 0) is 0 Å². The number of nitrogens with one attached hydrogen (secondary N) is 1. The zero-order valence-corrected chi connectivity index (χ0v) is 13.0. The van der Waals surface area contributed by atoms with Crippen molar-refractivity contribution in [2.24, 2.45) is 0 Å². The van der Waals surface area contributed by atoms with E-state index in [0.29, 0.717) is 16.3 Å². The summed E-state index contributed by atoms with van der Waals surface area (Å²) >= 11 is 1.46. The monoisotopic (exact) mass is 307 g/mol. The summed E-state index contributed by atoms with van der Waals surface area (Å²) in [5.41, 5.74) is 4.07. The highest BCUT2D eigenvalue weighted by Crippen LogP contribution is 2.31. The number of amides is 1. The molecule has 3 aromatic rings. The number of thiazole rings is 1. The zero-order valence-electron chi connectivity index (χ0n) is 12.2. The lowest BCUT2D eigenvalue weighted by atomic mass is 10.1. The Balaban J connectivity index is 1.93. The second kappa shape index (κ2) is 5.58. The molecule has 0 atom stereocenters. The van der Waals surface area contributed by atoms with Crippen LogP contribution in [-0.4, -0.2) is 10.9 Å². The minimum atomic E-state index is -0.258. The van der Waals surface area contributed by atoms with E-state index in [1.54, 1.807) is 24.3 Å². The summed E-state index contributed by atoms with van der Waals surface area (Å²) in [6.07, 6.45) is 0. The first-order valence-corrected chi connectivity index (χ1v) is 7.58. The molecule has 5 heteroatoms. The fourth-order valence-electron chi connectivity index (χ4n) is 2.21. The van der Waals surface area contributed by atoms with Crippen molar-refractivity contribution in [2.45, 2.75) is 13.8 Å². The molecule has 4 nitrogen and oxygen atoms in total. The third-order valence-electron chi connectivity index (χ3n) is 3.42. The van der Waals surface area contributed by atoms with Gasteiger partial charge in [-0.3, -0.25) is 10.1 Å². The second-order valence-electron chi connectivity index (χ2n) is 5.04. The molecule has 108 valence electrons. The van der Waals surface area contributed by atoms with Crippen molar-refractivity contribution in [1.82, 2.24) is 4.98 Å². The Labute approximate surface area is 132 Å². The number of benzene rings is 2. The Morgan fingerprint density at radius 2 is 2.00 bits per heavy atom. The molecule has 0 radical (unpaired) electrons. The highest BCUT2D eigenvalue weighted by molar-refractivity contribution is 7.22. The lowest BCUT2D eigenvalue weighted by Crippen LogP contribution is -2.11. The van der Waals surface area contributed by atoms with Crippen LogP contribution in [0.25, 0.3) is 10.2 Å². The normalized spacial score (nSPS) is 10.4. The van der Waals surface area contributed by atoms with Gasteiger partial charge in [-0.2, -0.15) is 5.26 Å². The van der Waals surface area contributed by atoms with Crippen LogP contribution in [0.5, 0.6) is 0 Å². The molecule has 0 saturated carbocycles. The molecule has 2 aromatic carbocycles. The molecule has 1 aromatic heterocycles. The Hall–Kier alpha value is -2.71. The van der Waals surface area contributed by atoms with E-state index in [-0.39, 0.29) is 5.91 Å². The van der Waals surface area contributed by atoms with E-state index in [9.17, 15) is 4.79 Å². The summed E-state index contributed by atoms with van der Waals surface area (Å²) < 4.78 is 1.08. The van der Waals surface area contributed by atoms with Crippen LogP contribution >= 0.6 is 11.3 Å². The molecule has 0 bridgehead atoms. The number of hydrogen-bond acceptors (Lipinski definition) is 4. The standard InChI is InChI=1S/C17H13N3OS/c1-10-6-7-11(2)15-14(10)19-17(22-15)20-16(21)13-5-3-4-12(8-13)9-18/h3-8H,1-2H3,(H,19,20,21). The van der Waals surface area contributed by atoms with Crippen LogP contribution in [0.1, 0.15) is 27.0 Å². The predicted molar refractivity (Wildman–Crippen MR) is 88.2 cm³/mol. The second-order valence-corrected chi connectivity index (χ2v) is 6.04. The molecule has 3 rings (SSSR count). The molecule has 0 aliphatic rings. The zero-order chi connectivity index (χ0) is 15.7. The van der Waals surface area contributed by atoms with Gasteiger partial charge in [-0.1, -0.05) is 29.5 Å². The maximum atomic E-state index is 12.3. The molecule has 0 aliphatic heterocycles. The number of nitriles is 1. The van der Waals surface area contributed by atoms with E-state index in [1.807, 2.05) is 26.0 Å². The summed E-state index contributed by atoms with van der Waals surface area (Å²) in [6, 6.07) is 12.7. The molecule has 1 N–H and O–H groups in total. The maximum Gasteiger partial charge on any atom is 0.257 e. The fraction of sp³-hybridized carbons (Fsp3) is 0.118.